The van der Waals surface area contributed by atoms with Gasteiger partial charge in [0.05, 0.1) is 5.69 Å². The first-order chi connectivity index (χ1) is 8.20. The highest BCUT2D eigenvalue weighted by atomic mass is 15.4. The number of hydrogen-bond acceptors (Lipinski definition) is 3. The molecule has 86 valence electrons. The predicted octanol–water partition coefficient (Wildman–Crippen LogP) is 1.78. The lowest BCUT2D eigenvalue weighted by Gasteiger charge is -2.02. The molecule has 0 saturated heterocycles. The van der Waals surface area contributed by atoms with E-state index < -0.39 is 0 Å². The summed E-state index contributed by atoms with van der Waals surface area (Å²) in [6.07, 6.45) is 1.69. The molecule has 0 aliphatic carbocycles. The number of rotatable bonds is 3. The van der Waals surface area contributed by atoms with E-state index in [1.807, 2.05) is 7.05 Å². The zero-order chi connectivity index (χ0) is 12.3. The normalized spacial score (nSPS) is 10.2. The Morgan fingerprint density at radius 2 is 1.94 bits per heavy atom. The quantitative estimate of drug-likeness (QED) is 0.801. The van der Waals surface area contributed by atoms with Crippen molar-refractivity contribution in [1.82, 2.24) is 15.0 Å². The highest BCUT2D eigenvalue weighted by molar-refractivity contribution is 5.27. The lowest BCUT2D eigenvalue weighted by Crippen LogP contribution is -2.02. The number of benzene rings is 1. The zero-order valence-electron chi connectivity index (χ0n) is 10.0. The van der Waals surface area contributed by atoms with E-state index >= 15 is 0 Å². The minimum absolute atomic E-state index is 0.430. The van der Waals surface area contributed by atoms with E-state index in [9.17, 15) is 0 Å². The minimum Gasteiger partial charge on any atom is -0.251 e. The molecule has 1 aromatic carbocycles. The molecule has 0 aliphatic heterocycles. The van der Waals surface area contributed by atoms with E-state index in [1.165, 1.54) is 11.1 Å². The number of hydrogen-bond donors (Lipinski definition) is 0. The monoisotopic (exact) mass is 226 g/mol. The summed E-state index contributed by atoms with van der Waals surface area (Å²) in [6, 6.07) is 10.5. The molecular weight excluding hydrogens is 212 g/mol. The van der Waals surface area contributed by atoms with Gasteiger partial charge < -0.3 is 0 Å². The van der Waals surface area contributed by atoms with Crippen LogP contribution in [-0.2, 0) is 19.9 Å². The van der Waals surface area contributed by atoms with Crippen molar-refractivity contribution in [3.05, 3.63) is 46.8 Å². The van der Waals surface area contributed by atoms with Crippen molar-refractivity contribution >= 4 is 0 Å². The fraction of sp³-hybridized carbons (Fsp3) is 0.308. The Kier molecular flexibility index (Phi) is 3.20. The van der Waals surface area contributed by atoms with E-state index in [4.69, 9.17) is 5.26 Å². The van der Waals surface area contributed by atoms with Crippen LogP contribution in [0.1, 0.15) is 22.5 Å². The van der Waals surface area contributed by atoms with E-state index in [0.29, 0.717) is 5.69 Å². The molecule has 0 fully saturated rings. The predicted molar refractivity (Wildman–Crippen MR) is 64.3 cm³/mol. The summed E-state index contributed by atoms with van der Waals surface area (Å²) < 4.78 is 1.67. The molecule has 0 aliphatic rings. The largest absolute Gasteiger partial charge is 0.251 e. The zero-order valence-corrected chi connectivity index (χ0v) is 10.0. The third-order valence-electron chi connectivity index (χ3n) is 2.82. The van der Waals surface area contributed by atoms with Gasteiger partial charge in [-0.25, -0.2) is 0 Å². The summed E-state index contributed by atoms with van der Waals surface area (Å²) in [5.41, 5.74) is 3.85. The Hall–Kier alpha value is -2.15. The van der Waals surface area contributed by atoms with Crippen molar-refractivity contribution in [2.45, 2.75) is 19.8 Å². The van der Waals surface area contributed by atoms with E-state index in [0.717, 1.165) is 18.5 Å². The first-order valence-corrected chi connectivity index (χ1v) is 5.55. The molecule has 0 radical (unpaired) electrons. The molecule has 1 aromatic heterocycles. The van der Waals surface area contributed by atoms with Crippen molar-refractivity contribution in [3.63, 3.8) is 0 Å². The van der Waals surface area contributed by atoms with Crippen LogP contribution in [0.3, 0.4) is 0 Å². The lowest BCUT2D eigenvalue weighted by molar-refractivity contribution is 0.672. The number of nitriles is 1. The third-order valence-corrected chi connectivity index (χ3v) is 2.82. The standard InChI is InChI=1S/C13H14N4/c1-10-3-5-11(6-4-10)7-8-13-12(9-14)15-16-17(13)2/h3-6H,7-8H2,1-2H3. The molecule has 17 heavy (non-hydrogen) atoms. The number of aryl methyl sites for hydroxylation is 3. The molecule has 2 aromatic rings. The van der Waals surface area contributed by atoms with Gasteiger partial charge in [-0.15, -0.1) is 5.10 Å². The van der Waals surface area contributed by atoms with Gasteiger partial charge in [-0.05, 0) is 25.3 Å². The third kappa shape index (κ3) is 2.51. The van der Waals surface area contributed by atoms with Crippen LogP contribution in [0.4, 0.5) is 0 Å². The fourth-order valence-corrected chi connectivity index (χ4v) is 1.76. The van der Waals surface area contributed by atoms with E-state index in [1.54, 1.807) is 4.68 Å². The van der Waals surface area contributed by atoms with Crippen molar-refractivity contribution in [3.8, 4) is 6.07 Å². The molecular formula is C13H14N4. The number of nitrogens with zero attached hydrogens (tertiary/aromatic N) is 4. The van der Waals surface area contributed by atoms with Gasteiger partial charge >= 0.3 is 0 Å². The fourth-order valence-electron chi connectivity index (χ4n) is 1.76. The lowest BCUT2D eigenvalue weighted by atomic mass is 10.1. The number of aromatic nitrogens is 3. The Morgan fingerprint density at radius 1 is 1.24 bits per heavy atom. The van der Waals surface area contributed by atoms with Crippen molar-refractivity contribution in [2.75, 3.05) is 0 Å². The highest BCUT2D eigenvalue weighted by Crippen LogP contribution is 2.10. The van der Waals surface area contributed by atoms with Gasteiger partial charge in [0.1, 0.15) is 6.07 Å². The molecule has 4 heteroatoms. The van der Waals surface area contributed by atoms with Gasteiger partial charge in [0.25, 0.3) is 0 Å². The summed E-state index contributed by atoms with van der Waals surface area (Å²) in [4.78, 5) is 0. The molecule has 0 N–H and O–H groups in total. The molecule has 0 atom stereocenters. The van der Waals surface area contributed by atoms with Gasteiger partial charge in [-0.3, -0.25) is 4.68 Å². The van der Waals surface area contributed by atoms with Gasteiger partial charge in [0, 0.05) is 7.05 Å². The first-order valence-electron chi connectivity index (χ1n) is 5.55. The molecule has 0 bridgehead atoms. The maximum Gasteiger partial charge on any atom is 0.185 e. The average Bonchev–Trinajstić information content (AvgIpc) is 2.69. The van der Waals surface area contributed by atoms with Gasteiger partial charge in [0.2, 0.25) is 0 Å². The second kappa shape index (κ2) is 4.79. The molecule has 4 nitrogen and oxygen atoms in total. The van der Waals surface area contributed by atoms with Crippen LogP contribution in [0.15, 0.2) is 24.3 Å². The second-order valence-electron chi connectivity index (χ2n) is 4.11. The Balaban J connectivity index is 2.10. The summed E-state index contributed by atoms with van der Waals surface area (Å²) in [5.74, 6) is 0. The Bertz CT molecular complexity index is 546. The molecule has 0 saturated carbocycles. The van der Waals surface area contributed by atoms with Crippen LogP contribution in [0, 0.1) is 18.3 Å². The molecule has 2 rings (SSSR count). The average molecular weight is 226 g/mol. The van der Waals surface area contributed by atoms with Gasteiger partial charge in [-0.2, -0.15) is 5.26 Å². The Labute approximate surface area is 101 Å². The van der Waals surface area contributed by atoms with Crippen LogP contribution >= 0.6 is 0 Å². The maximum absolute atomic E-state index is 8.90. The molecule has 1 heterocycles. The summed E-state index contributed by atoms with van der Waals surface area (Å²) in [5, 5.41) is 16.6. The SMILES string of the molecule is Cc1ccc(CCc2c(C#N)nnn2C)cc1. The molecule has 0 spiro atoms. The van der Waals surface area contributed by atoms with Gasteiger partial charge in [0.15, 0.2) is 5.69 Å². The van der Waals surface area contributed by atoms with Crippen molar-refractivity contribution < 1.29 is 0 Å². The van der Waals surface area contributed by atoms with Crippen LogP contribution < -0.4 is 0 Å². The smallest absolute Gasteiger partial charge is 0.185 e. The first kappa shape index (κ1) is 11.3. The van der Waals surface area contributed by atoms with Crippen LogP contribution in [-0.4, -0.2) is 15.0 Å². The van der Waals surface area contributed by atoms with Crippen molar-refractivity contribution in [2.24, 2.45) is 7.05 Å². The van der Waals surface area contributed by atoms with Crippen molar-refractivity contribution in [1.29, 1.82) is 5.26 Å². The van der Waals surface area contributed by atoms with E-state index in [-0.39, 0.29) is 0 Å². The summed E-state index contributed by atoms with van der Waals surface area (Å²) in [7, 11) is 1.82. The molecule has 0 amide bonds. The molecule has 0 unspecified atom stereocenters. The highest BCUT2D eigenvalue weighted by Gasteiger charge is 2.09. The Morgan fingerprint density at radius 3 is 2.59 bits per heavy atom. The van der Waals surface area contributed by atoms with Crippen LogP contribution in [0.2, 0.25) is 0 Å². The van der Waals surface area contributed by atoms with Gasteiger partial charge in [-0.1, -0.05) is 35.0 Å². The van der Waals surface area contributed by atoms with E-state index in [2.05, 4.69) is 47.6 Å². The van der Waals surface area contributed by atoms with Crippen LogP contribution in [0.5, 0.6) is 0 Å². The van der Waals surface area contributed by atoms with Crippen LogP contribution in [0.25, 0.3) is 0 Å². The second-order valence-corrected chi connectivity index (χ2v) is 4.11. The minimum atomic E-state index is 0.430. The summed E-state index contributed by atoms with van der Waals surface area (Å²) >= 11 is 0. The maximum atomic E-state index is 8.90. The topological polar surface area (TPSA) is 54.5 Å². The summed E-state index contributed by atoms with van der Waals surface area (Å²) in [6.45, 7) is 2.07.